The van der Waals surface area contributed by atoms with E-state index < -0.39 is 0 Å². The van der Waals surface area contributed by atoms with Crippen LogP contribution in [0.15, 0.2) is 23.1 Å². The third kappa shape index (κ3) is 2.33. The molecule has 0 bridgehead atoms. The van der Waals surface area contributed by atoms with Gasteiger partial charge in [-0.1, -0.05) is 0 Å². The van der Waals surface area contributed by atoms with Crippen LogP contribution in [-0.4, -0.2) is 50.4 Å². The number of pyridine rings is 1. The molecule has 3 rings (SSSR count). The normalized spacial score (nSPS) is 13.1. The second-order valence-corrected chi connectivity index (χ2v) is 5.28. The number of rotatable bonds is 4. The Kier molecular flexibility index (Phi) is 3.30. The highest BCUT2D eigenvalue weighted by molar-refractivity contribution is 5.80. The Labute approximate surface area is 121 Å². The molecule has 3 aromatic rings. The summed E-state index contributed by atoms with van der Waals surface area (Å²) in [6.07, 6.45) is 3.47. The van der Waals surface area contributed by atoms with E-state index in [1.165, 1.54) is 0 Å². The second-order valence-electron chi connectivity index (χ2n) is 5.28. The van der Waals surface area contributed by atoms with E-state index in [2.05, 4.69) is 36.7 Å². The molecule has 21 heavy (non-hydrogen) atoms. The van der Waals surface area contributed by atoms with Crippen molar-refractivity contribution in [3.63, 3.8) is 0 Å². The fourth-order valence-electron chi connectivity index (χ4n) is 2.52. The summed E-state index contributed by atoms with van der Waals surface area (Å²) in [5.74, 6) is 0.877. The largest absolute Gasteiger partial charge is 0.379 e. The maximum atomic E-state index is 5.82. The molecule has 3 aromatic heterocycles. The quantitative estimate of drug-likeness (QED) is 0.769. The van der Waals surface area contributed by atoms with Gasteiger partial charge in [0.25, 0.3) is 0 Å². The minimum absolute atomic E-state index is 0.179. The molecule has 2 N–H and O–H groups in total. The summed E-state index contributed by atoms with van der Waals surface area (Å²) in [5, 5.41) is 7.51. The molecule has 8 heteroatoms. The Hall–Kier alpha value is -2.48. The van der Waals surface area contributed by atoms with Crippen molar-refractivity contribution in [3.05, 3.63) is 18.5 Å². The Balaban J connectivity index is 2.21. The summed E-state index contributed by atoms with van der Waals surface area (Å²) >= 11 is 0. The van der Waals surface area contributed by atoms with Gasteiger partial charge < -0.3 is 15.2 Å². The molecule has 0 aliphatic carbocycles. The fourth-order valence-corrected chi connectivity index (χ4v) is 2.52. The zero-order chi connectivity index (χ0) is 15.0. The van der Waals surface area contributed by atoms with Gasteiger partial charge in [0.1, 0.15) is 5.52 Å². The fraction of sp³-hybridized carbons (Fsp3) is 0.385. The lowest BCUT2D eigenvalue weighted by Crippen LogP contribution is -2.23. The van der Waals surface area contributed by atoms with Crippen molar-refractivity contribution >= 4 is 16.9 Å². The highest BCUT2D eigenvalue weighted by Crippen LogP contribution is 2.29. The predicted octanol–water partition coefficient (Wildman–Crippen LogP) is 1.19. The predicted molar refractivity (Wildman–Crippen MR) is 78.5 cm³/mol. The van der Waals surface area contributed by atoms with Gasteiger partial charge in [0.15, 0.2) is 17.3 Å². The molecular weight excluding hydrogens is 270 g/mol. The van der Waals surface area contributed by atoms with Crippen molar-refractivity contribution in [2.45, 2.75) is 13.0 Å². The average Bonchev–Trinajstić information content (AvgIpc) is 3.00. The van der Waals surface area contributed by atoms with Crippen molar-refractivity contribution in [2.24, 2.45) is 0 Å². The summed E-state index contributed by atoms with van der Waals surface area (Å²) in [6.45, 7) is 2.97. The lowest BCUT2D eigenvalue weighted by atomic mass is 10.2. The van der Waals surface area contributed by atoms with Crippen LogP contribution >= 0.6 is 0 Å². The third-order valence-corrected chi connectivity index (χ3v) is 3.29. The zero-order valence-electron chi connectivity index (χ0n) is 12.2. The smallest absolute Gasteiger partial charge is 0.199 e. The summed E-state index contributed by atoms with van der Waals surface area (Å²) in [6, 6.07) is 2.11. The summed E-state index contributed by atoms with van der Waals surface area (Å²) in [5.41, 5.74) is 8.05. The van der Waals surface area contributed by atoms with Crippen LogP contribution in [0.3, 0.4) is 0 Å². The van der Waals surface area contributed by atoms with E-state index >= 15 is 0 Å². The number of hydrogen-bond acceptors (Lipinski definition) is 7. The number of likely N-dealkylation sites (N-methyl/N-ethyl adjacent to an activating group) is 1. The highest BCUT2D eigenvalue weighted by atomic mass is 16.6. The van der Waals surface area contributed by atoms with E-state index in [-0.39, 0.29) is 11.9 Å². The molecule has 110 valence electrons. The van der Waals surface area contributed by atoms with Gasteiger partial charge >= 0.3 is 0 Å². The Morgan fingerprint density at radius 3 is 2.86 bits per heavy atom. The van der Waals surface area contributed by atoms with Crippen LogP contribution in [0.5, 0.6) is 0 Å². The molecule has 0 radical (unpaired) electrons. The molecule has 0 spiro atoms. The second kappa shape index (κ2) is 5.13. The lowest BCUT2D eigenvalue weighted by Gasteiger charge is -2.20. The number of nitrogens with zero attached hydrogens (tertiary/aromatic N) is 6. The van der Waals surface area contributed by atoms with Gasteiger partial charge in [0, 0.05) is 18.8 Å². The van der Waals surface area contributed by atoms with Crippen molar-refractivity contribution in [3.8, 4) is 11.5 Å². The maximum absolute atomic E-state index is 5.82. The van der Waals surface area contributed by atoms with Crippen molar-refractivity contribution < 1.29 is 4.63 Å². The molecule has 0 saturated heterocycles. The van der Waals surface area contributed by atoms with Gasteiger partial charge in [-0.25, -0.2) is 9.61 Å². The molecule has 0 amide bonds. The van der Waals surface area contributed by atoms with Crippen LogP contribution < -0.4 is 5.73 Å². The van der Waals surface area contributed by atoms with Gasteiger partial charge in [-0.05, 0) is 37.4 Å². The molecule has 3 heterocycles. The number of anilines is 1. The van der Waals surface area contributed by atoms with Crippen molar-refractivity contribution in [1.82, 2.24) is 29.7 Å². The van der Waals surface area contributed by atoms with Crippen LogP contribution in [0, 0.1) is 0 Å². The Bertz CT molecular complexity index is 761. The molecule has 0 unspecified atom stereocenters. The Morgan fingerprint density at radius 1 is 1.38 bits per heavy atom. The molecule has 0 aliphatic rings. The summed E-state index contributed by atoms with van der Waals surface area (Å²) < 4.78 is 6.80. The van der Waals surface area contributed by atoms with Crippen molar-refractivity contribution in [1.29, 1.82) is 0 Å². The van der Waals surface area contributed by atoms with Crippen molar-refractivity contribution in [2.75, 3.05) is 26.4 Å². The van der Waals surface area contributed by atoms with Crippen LogP contribution in [-0.2, 0) is 0 Å². The van der Waals surface area contributed by atoms with Gasteiger partial charge in [-0.3, -0.25) is 4.98 Å². The molecule has 0 aromatic carbocycles. The summed E-state index contributed by atoms with van der Waals surface area (Å²) in [4.78, 5) is 10.8. The van der Waals surface area contributed by atoms with Gasteiger partial charge in [-0.15, -0.1) is 0 Å². The zero-order valence-corrected chi connectivity index (χ0v) is 12.2. The van der Waals surface area contributed by atoms with Crippen LogP contribution in [0.25, 0.3) is 22.6 Å². The first-order valence-electron chi connectivity index (χ1n) is 6.63. The number of aromatic nitrogens is 5. The first kappa shape index (κ1) is 13.5. The van der Waals surface area contributed by atoms with Gasteiger partial charge in [-0.2, -0.15) is 0 Å². The molecule has 1 atom stereocenters. The summed E-state index contributed by atoms with van der Waals surface area (Å²) in [7, 11) is 4.06. The number of imidazole rings is 1. The average molecular weight is 287 g/mol. The van der Waals surface area contributed by atoms with E-state index in [1.54, 1.807) is 12.4 Å². The van der Waals surface area contributed by atoms with Crippen LogP contribution in [0.1, 0.15) is 13.0 Å². The SMILES string of the molecule is C[C@@H](CN(C)C)n1c(-c2nonc2N)nc2cnccc21. The highest BCUT2D eigenvalue weighted by Gasteiger charge is 2.22. The minimum atomic E-state index is 0.179. The Morgan fingerprint density at radius 2 is 2.19 bits per heavy atom. The molecule has 0 aliphatic heterocycles. The lowest BCUT2D eigenvalue weighted by molar-refractivity contribution is 0.309. The first-order valence-corrected chi connectivity index (χ1v) is 6.63. The first-order chi connectivity index (χ1) is 10.1. The van der Waals surface area contributed by atoms with E-state index in [9.17, 15) is 0 Å². The standard InChI is InChI=1S/C13H17N7O/c1-8(7-19(2)3)20-10-4-5-15-6-9(10)16-13(20)11-12(14)18-21-17-11/h4-6,8H,7H2,1-3H3,(H2,14,18)/t8-/m0/s1. The number of nitrogens with two attached hydrogens (primary N) is 1. The van der Waals surface area contributed by atoms with Crippen LogP contribution in [0.4, 0.5) is 5.82 Å². The van der Waals surface area contributed by atoms with Gasteiger partial charge in [0.05, 0.1) is 11.7 Å². The monoisotopic (exact) mass is 287 g/mol. The van der Waals surface area contributed by atoms with E-state index in [1.807, 2.05) is 20.2 Å². The number of nitrogen functional groups attached to an aromatic ring is 1. The maximum Gasteiger partial charge on any atom is 0.199 e. The van der Waals surface area contributed by atoms with Gasteiger partial charge in [0.2, 0.25) is 0 Å². The van der Waals surface area contributed by atoms with E-state index in [0.717, 1.165) is 17.6 Å². The van der Waals surface area contributed by atoms with E-state index in [4.69, 9.17) is 10.4 Å². The minimum Gasteiger partial charge on any atom is -0.379 e. The molecular formula is C13H17N7O. The number of hydrogen-bond donors (Lipinski definition) is 1. The topological polar surface area (TPSA) is 98.9 Å². The molecule has 0 saturated carbocycles. The molecule has 0 fully saturated rings. The number of fused-ring (bicyclic) bond motifs is 1. The molecule has 8 nitrogen and oxygen atoms in total. The third-order valence-electron chi connectivity index (χ3n) is 3.29. The van der Waals surface area contributed by atoms with E-state index in [0.29, 0.717) is 11.5 Å². The van der Waals surface area contributed by atoms with Crippen LogP contribution in [0.2, 0.25) is 0 Å².